The molecule has 1 saturated carbocycles. The van der Waals surface area contributed by atoms with Crippen LogP contribution >= 0.6 is 0 Å². The number of amides is 1. The lowest BCUT2D eigenvalue weighted by atomic mass is 9.98. The number of rotatable bonds is 9. The smallest absolute Gasteiger partial charge is 0.265 e. The molecule has 0 radical (unpaired) electrons. The van der Waals surface area contributed by atoms with E-state index < -0.39 is 10.0 Å². The van der Waals surface area contributed by atoms with E-state index >= 15 is 0 Å². The molecule has 9 heteroatoms. The van der Waals surface area contributed by atoms with Crippen molar-refractivity contribution in [3.05, 3.63) is 71.8 Å². The first-order valence-electron chi connectivity index (χ1n) is 13.2. The van der Waals surface area contributed by atoms with Crippen molar-refractivity contribution in [3.8, 4) is 17.2 Å². The summed E-state index contributed by atoms with van der Waals surface area (Å²) in [6.07, 6.45) is 4.98. The van der Waals surface area contributed by atoms with Crippen LogP contribution in [-0.4, -0.2) is 41.2 Å². The zero-order chi connectivity index (χ0) is 27.6. The Labute approximate surface area is 229 Å². The van der Waals surface area contributed by atoms with Gasteiger partial charge in [0.15, 0.2) is 11.5 Å². The van der Waals surface area contributed by atoms with Gasteiger partial charge in [0.25, 0.3) is 10.0 Å². The maximum absolute atomic E-state index is 13.2. The molecule has 0 bridgehead atoms. The Morgan fingerprint density at radius 3 is 2.38 bits per heavy atom. The van der Waals surface area contributed by atoms with Crippen LogP contribution in [0.3, 0.4) is 0 Å². The third-order valence-electron chi connectivity index (χ3n) is 7.40. The van der Waals surface area contributed by atoms with Gasteiger partial charge in [-0.05, 0) is 86.2 Å². The number of carbonyl (C=O) groups is 1. The maximum atomic E-state index is 13.2. The number of methoxy groups -OCH3 is 2. The lowest BCUT2D eigenvalue weighted by molar-refractivity contribution is -0.117. The van der Waals surface area contributed by atoms with E-state index in [0.29, 0.717) is 30.1 Å². The third-order valence-corrected chi connectivity index (χ3v) is 8.80. The van der Waals surface area contributed by atoms with E-state index in [1.807, 2.05) is 31.2 Å². The first-order chi connectivity index (χ1) is 18.8. The van der Waals surface area contributed by atoms with Gasteiger partial charge in [0.2, 0.25) is 5.91 Å². The van der Waals surface area contributed by atoms with Crippen molar-refractivity contribution in [1.29, 1.82) is 0 Å². The highest BCUT2D eigenvalue weighted by Gasteiger charge is 2.33. The minimum absolute atomic E-state index is 0.0190. The Morgan fingerprint density at radius 2 is 1.64 bits per heavy atom. The van der Waals surface area contributed by atoms with Crippen molar-refractivity contribution in [2.75, 3.05) is 30.4 Å². The van der Waals surface area contributed by atoms with Crippen LogP contribution < -0.4 is 23.8 Å². The topological polar surface area (TPSA) is 94.2 Å². The second kappa shape index (κ2) is 11.2. The van der Waals surface area contributed by atoms with Gasteiger partial charge in [-0.1, -0.05) is 18.2 Å². The lowest BCUT2D eigenvalue weighted by Crippen LogP contribution is -2.24. The molecule has 1 unspecified atom stereocenters. The molecule has 0 spiro atoms. The number of benzene rings is 3. The Bertz CT molecular complexity index is 1470. The van der Waals surface area contributed by atoms with Gasteiger partial charge >= 0.3 is 0 Å². The number of hydrogen-bond acceptors (Lipinski definition) is 6. The highest BCUT2D eigenvalue weighted by atomic mass is 32.2. The highest BCUT2D eigenvalue weighted by molar-refractivity contribution is 7.92. The second-order valence-electron chi connectivity index (χ2n) is 10.2. The maximum Gasteiger partial charge on any atom is 0.265 e. The first kappa shape index (κ1) is 26.9. The number of nitrogens with one attached hydrogen (secondary N) is 1. The molecule has 5 rings (SSSR count). The summed E-state index contributed by atoms with van der Waals surface area (Å²) < 4.78 is 46.1. The standard InChI is InChI=1S/C30H34N2O6S/c1-20-11-13-27(37-3)29(15-20)39(34,35)31-23-7-6-8-24(18-23)32-19-22(17-30(32)33)21-12-14-26(36-2)28(16-21)38-25-9-4-5-10-25/h6-8,11-16,18,22,25,31H,4-5,9-10,17,19H2,1-3H3. The molecule has 1 aliphatic heterocycles. The van der Waals surface area contributed by atoms with Crippen molar-refractivity contribution < 1.29 is 27.4 Å². The van der Waals surface area contributed by atoms with Gasteiger partial charge < -0.3 is 19.1 Å². The van der Waals surface area contributed by atoms with Crippen LogP contribution in [0.2, 0.25) is 0 Å². The van der Waals surface area contributed by atoms with Crippen LogP contribution in [0.1, 0.15) is 49.1 Å². The molecule has 1 saturated heterocycles. The molecule has 0 aromatic heterocycles. The average molecular weight is 551 g/mol. The lowest BCUT2D eigenvalue weighted by Gasteiger charge is -2.20. The summed E-state index contributed by atoms with van der Waals surface area (Å²) >= 11 is 0. The van der Waals surface area contributed by atoms with E-state index in [9.17, 15) is 13.2 Å². The van der Waals surface area contributed by atoms with Crippen LogP contribution in [0.5, 0.6) is 17.2 Å². The van der Waals surface area contributed by atoms with E-state index in [-0.39, 0.29) is 28.6 Å². The molecule has 1 heterocycles. The molecule has 3 aromatic rings. The van der Waals surface area contributed by atoms with Gasteiger partial charge in [-0.15, -0.1) is 0 Å². The third kappa shape index (κ3) is 5.83. The van der Waals surface area contributed by atoms with Crippen LogP contribution in [-0.2, 0) is 14.8 Å². The number of ether oxygens (including phenoxy) is 3. The predicted molar refractivity (Wildman–Crippen MR) is 151 cm³/mol. The Kier molecular flexibility index (Phi) is 7.70. The number of aryl methyl sites for hydroxylation is 1. The summed E-state index contributed by atoms with van der Waals surface area (Å²) in [5.41, 5.74) is 2.82. The van der Waals surface area contributed by atoms with Crippen molar-refractivity contribution in [2.45, 2.75) is 55.9 Å². The van der Waals surface area contributed by atoms with Crippen molar-refractivity contribution >= 4 is 27.3 Å². The number of sulfonamides is 1. The average Bonchev–Trinajstić information content (AvgIpc) is 3.58. The van der Waals surface area contributed by atoms with Crippen LogP contribution in [0.4, 0.5) is 11.4 Å². The molecule has 1 atom stereocenters. The normalized spacial score (nSPS) is 17.9. The largest absolute Gasteiger partial charge is 0.495 e. The Hall–Kier alpha value is -3.72. The summed E-state index contributed by atoms with van der Waals surface area (Å²) in [4.78, 5) is 14.9. The van der Waals surface area contributed by atoms with Crippen LogP contribution in [0.25, 0.3) is 0 Å². The molecule has 1 amide bonds. The Balaban J connectivity index is 1.34. The minimum atomic E-state index is -3.91. The SMILES string of the molecule is COc1ccc(C2CC(=O)N(c3cccc(NS(=O)(=O)c4cc(C)ccc4OC)c3)C2)cc1OC1CCCC1. The predicted octanol–water partition coefficient (Wildman–Crippen LogP) is 5.65. The molecule has 3 aromatic carbocycles. The second-order valence-corrected chi connectivity index (χ2v) is 11.8. The van der Waals surface area contributed by atoms with Crippen LogP contribution in [0, 0.1) is 6.92 Å². The van der Waals surface area contributed by atoms with E-state index in [1.165, 1.54) is 20.0 Å². The molecule has 206 valence electrons. The fourth-order valence-electron chi connectivity index (χ4n) is 5.35. The van der Waals surface area contributed by atoms with Gasteiger partial charge in [0.1, 0.15) is 10.6 Å². The van der Waals surface area contributed by atoms with E-state index in [4.69, 9.17) is 14.2 Å². The van der Waals surface area contributed by atoms with Crippen molar-refractivity contribution in [3.63, 3.8) is 0 Å². The van der Waals surface area contributed by atoms with Gasteiger partial charge in [-0.25, -0.2) is 8.42 Å². The molecule has 2 fully saturated rings. The number of carbonyl (C=O) groups excluding carboxylic acids is 1. The molecule has 2 aliphatic rings. The molecular formula is C30H34N2O6S. The number of nitrogens with zero attached hydrogens (tertiary/aromatic N) is 1. The molecular weight excluding hydrogens is 516 g/mol. The van der Waals surface area contributed by atoms with Gasteiger partial charge in [-0.3, -0.25) is 9.52 Å². The van der Waals surface area contributed by atoms with E-state index in [2.05, 4.69) is 4.72 Å². The quantitative estimate of drug-likeness (QED) is 0.370. The number of hydrogen-bond donors (Lipinski definition) is 1. The molecule has 1 aliphatic carbocycles. The molecule has 39 heavy (non-hydrogen) atoms. The molecule has 1 N–H and O–H groups in total. The monoisotopic (exact) mass is 550 g/mol. The Morgan fingerprint density at radius 1 is 0.897 bits per heavy atom. The zero-order valence-corrected chi connectivity index (χ0v) is 23.3. The van der Waals surface area contributed by atoms with Gasteiger partial charge in [0.05, 0.1) is 26.0 Å². The van der Waals surface area contributed by atoms with Gasteiger partial charge in [-0.2, -0.15) is 0 Å². The van der Waals surface area contributed by atoms with E-state index in [1.54, 1.807) is 48.4 Å². The van der Waals surface area contributed by atoms with E-state index in [0.717, 1.165) is 29.7 Å². The minimum Gasteiger partial charge on any atom is -0.495 e. The summed E-state index contributed by atoms with van der Waals surface area (Å²) in [7, 11) is -0.842. The molecule has 8 nitrogen and oxygen atoms in total. The summed E-state index contributed by atoms with van der Waals surface area (Å²) in [5, 5.41) is 0. The van der Waals surface area contributed by atoms with Gasteiger partial charge in [0, 0.05) is 24.6 Å². The first-order valence-corrected chi connectivity index (χ1v) is 14.7. The fourth-order valence-corrected chi connectivity index (χ4v) is 6.65. The summed E-state index contributed by atoms with van der Waals surface area (Å²) in [6, 6.07) is 17.8. The highest BCUT2D eigenvalue weighted by Crippen LogP contribution is 2.38. The fraction of sp³-hybridized carbons (Fsp3) is 0.367. The van der Waals surface area contributed by atoms with Crippen molar-refractivity contribution in [2.24, 2.45) is 0 Å². The van der Waals surface area contributed by atoms with Crippen molar-refractivity contribution in [1.82, 2.24) is 0 Å². The number of anilines is 2. The summed E-state index contributed by atoms with van der Waals surface area (Å²) in [5.74, 6) is 1.63. The summed E-state index contributed by atoms with van der Waals surface area (Å²) in [6.45, 7) is 2.30. The van der Waals surface area contributed by atoms with Crippen LogP contribution in [0.15, 0.2) is 65.6 Å². The zero-order valence-electron chi connectivity index (χ0n) is 22.5.